The van der Waals surface area contributed by atoms with Gasteiger partial charge in [-0.1, -0.05) is 51.1 Å². The molecule has 1 aromatic heterocycles. The first-order chi connectivity index (χ1) is 17.5. The first-order valence-corrected chi connectivity index (χ1v) is 16.1. The number of rotatable bonds is 12. The van der Waals surface area contributed by atoms with Crippen molar-refractivity contribution in [3.05, 3.63) is 70.7 Å². The Kier molecular flexibility index (Phi) is 9.89. The molecule has 0 bridgehead atoms. The fraction of sp³-hybridized carbons (Fsp3) is 0.429. The highest BCUT2D eigenvalue weighted by atomic mass is 32.1. The van der Waals surface area contributed by atoms with Crippen molar-refractivity contribution in [2.24, 2.45) is 0 Å². The molecule has 0 unspecified atom stereocenters. The Morgan fingerprint density at radius 3 is 2.46 bits per heavy atom. The van der Waals surface area contributed by atoms with Gasteiger partial charge in [0.25, 0.3) is 5.91 Å². The maximum Gasteiger partial charge on any atom is 0.257 e. The Bertz CT molecular complexity index is 1160. The number of hydrogen-bond acceptors (Lipinski definition) is 7. The summed E-state index contributed by atoms with van der Waals surface area (Å²) in [7, 11) is -0.296. The molecule has 7 nitrogen and oxygen atoms in total. The average molecular weight is 543 g/mol. The molecule has 0 spiro atoms. The quantitative estimate of drug-likeness (QED) is 0.251. The van der Waals surface area contributed by atoms with E-state index in [2.05, 4.69) is 44.2 Å². The summed E-state index contributed by atoms with van der Waals surface area (Å²) in [6.07, 6.45) is -0.204. The minimum Gasteiger partial charge on any atom is -0.489 e. The number of aromatic nitrogens is 1. The highest BCUT2D eigenvalue weighted by Gasteiger charge is 2.37. The summed E-state index contributed by atoms with van der Waals surface area (Å²) in [6, 6.07) is 15.1. The number of amides is 1. The number of nitrogens with zero attached hydrogens (tertiary/aromatic N) is 1. The summed E-state index contributed by atoms with van der Waals surface area (Å²) < 4.78 is 23.7. The summed E-state index contributed by atoms with van der Waals surface area (Å²) in [6.45, 7) is 14.3. The molecule has 3 rings (SSSR count). The number of anilines is 1. The zero-order chi connectivity index (χ0) is 27.1. The molecule has 0 saturated heterocycles. The number of methoxy groups -OCH3 is 1. The van der Waals surface area contributed by atoms with Crippen molar-refractivity contribution in [1.29, 1.82) is 0 Å². The van der Waals surface area contributed by atoms with E-state index in [0.717, 1.165) is 11.3 Å². The molecule has 0 radical (unpaired) electrons. The fourth-order valence-electron chi connectivity index (χ4n) is 3.15. The van der Waals surface area contributed by atoms with E-state index in [1.807, 2.05) is 48.7 Å². The van der Waals surface area contributed by atoms with Crippen molar-refractivity contribution < 1.29 is 23.4 Å². The fourth-order valence-corrected chi connectivity index (χ4v) is 4.93. The van der Waals surface area contributed by atoms with Gasteiger partial charge in [0.15, 0.2) is 13.4 Å². The summed E-state index contributed by atoms with van der Waals surface area (Å²) in [5, 5.41) is 5.34. The van der Waals surface area contributed by atoms with Gasteiger partial charge in [-0.3, -0.25) is 10.1 Å². The smallest absolute Gasteiger partial charge is 0.257 e. The maximum absolute atomic E-state index is 13.1. The first-order valence-electron chi connectivity index (χ1n) is 12.3. The lowest BCUT2D eigenvalue weighted by molar-refractivity contribution is 0.102. The normalized spacial score (nSPS) is 12.7. The van der Waals surface area contributed by atoms with Gasteiger partial charge in [0.05, 0.1) is 18.9 Å². The molecule has 1 N–H and O–H groups in total. The van der Waals surface area contributed by atoms with Gasteiger partial charge in [-0.25, -0.2) is 4.98 Å². The van der Waals surface area contributed by atoms with Crippen LogP contribution in [-0.4, -0.2) is 39.0 Å². The molecule has 1 heterocycles. The highest BCUT2D eigenvalue weighted by molar-refractivity contribution is 7.14. The topological polar surface area (TPSA) is 78.9 Å². The third-order valence-corrected chi connectivity index (χ3v) is 11.6. The lowest BCUT2D eigenvalue weighted by Gasteiger charge is -2.36. The van der Waals surface area contributed by atoms with Gasteiger partial charge in [0, 0.05) is 24.1 Å². The van der Waals surface area contributed by atoms with Crippen LogP contribution in [0, 0.1) is 0 Å². The number of nitrogens with one attached hydrogen (secondary N) is 1. The number of thiazole rings is 1. The van der Waals surface area contributed by atoms with Crippen LogP contribution in [0.15, 0.2) is 53.9 Å². The first kappa shape index (κ1) is 28.8. The highest BCUT2D eigenvalue weighted by Crippen LogP contribution is 2.36. The molecule has 0 aliphatic heterocycles. The lowest BCUT2D eigenvalue weighted by Crippen LogP contribution is -2.43. The molecule has 200 valence electrons. The van der Waals surface area contributed by atoms with Crippen LogP contribution in [0.2, 0.25) is 18.1 Å². The minimum absolute atomic E-state index is 0.113. The molecule has 37 heavy (non-hydrogen) atoms. The minimum atomic E-state index is -1.91. The van der Waals surface area contributed by atoms with Gasteiger partial charge < -0.3 is 18.6 Å². The molecule has 0 saturated carbocycles. The third-order valence-electron chi connectivity index (χ3n) is 6.28. The molecule has 0 fully saturated rings. The molecular formula is C28H38N2O5SSi. The van der Waals surface area contributed by atoms with Crippen LogP contribution >= 0.6 is 11.3 Å². The average Bonchev–Trinajstić information content (AvgIpc) is 3.28. The van der Waals surface area contributed by atoms with Gasteiger partial charge in [0.1, 0.15) is 24.2 Å². The Morgan fingerprint density at radius 1 is 1.08 bits per heavy atom. The molecule has 3 aromatic rings. The van der Waals surface area contributed by atoms with E-state index in [1.165, 1.54) is 11.3 Å². The Balaban J connectivity index is 1.76. The number of hydrogen-bond donors (Lipinski definition) is 1. The van der Waals surface area contributed by atoms with Crippen LogP contribution in [0.5, 0.6) is 11.5 Å². The van der Waals surface area contributed by atoms with Crippen LogP contribution < -0.4 is 14.8 Å². The van der Waals surface area contributed by atoms with E-state index in [0.29, 0.717) is 42.0 Å². The number of ether oxygens (including phenoxy) is 3. The molecule has 2 aromatic carbocycles. The monoisotopic (exact) mass is 542 g/mol. The van der Waals surface area contributed by atoms with E-state index in [4.69, 9.17) is 18.6 Å². The standard InChI is InChI=1S/C28H38N2O5SSi/c1-20(16-34-37(6,7)28(2,3)4)35-25-14-22(26(31)30-27-29-23(18-32-5)19-36-27)13-24(15-25)33-17-21-11-9-8-10-12-21/h8-15,19-20H,16-18H2,1-7H3,(H,29,30,31)/t20-/m0/s1. The van der Waals surface area contributed by atoms with Gasteiger partial charge in [-0.15, -0.1) is 11.3 Å². The second-order valence-electron chi connectivity index (χ2n) is 10.5. The predicted octanol–water partition coefficient (Wildman–Crippen LogP) is 6.91. The second-order valence-corrected chi connectivity index (χ2v) is 16.2. The summed E-state index contributed by atoms with van der Waals surface area (Å²) in [5.74, 6) is 0.794. The number of carbonyl (C=O) groups is 1. The van der Waals surface area contributed by atoms with Crippen molar-refractivity contribution >= 4 is 30.7 Å². The maximum atomic E-state index is 13.1. The SMILES string of the molecule is COCc1csc(NC(=O)c2cc(OCc3ccccc3)cc(O[C@@H](C)CO[Si](C)(C)C(C)(C)C)c2)n1. The van der Waals surface area contributed by atoms with Crippen molar-refractivity contribution in [1.82, 2.24) is 4.98 Å². The summed E-state index contributed by atoms with van der Waals surface area (Å²) in [4.78, 5) is 17.5. The summed E-state index contributed by atoms with van der Waals surface area (Å²) >= 11 is 1.35. The second kappa shape index (κ2) is 12.7. The predicted molar refractivity (Wildman–Crippen MR) is 151 cm³/mol. The zero-order valence-corrected chi connectivity index (χ0v) is 24.6. The molecule has 0 aliphatic carbocycles. The van der Waals surface area contributed by atoms with Gasteiger partial charge in [-0.05, 0) is 42.8 Å². The lowest BCUT2D eigenvalue weighted by atomic mass is 10.2. The van der Waals surface area contributed by atoms with Crippen molar-refractivity contribution in [3.63, 3.8) is 0 Å². The van der Waals surface area contributed by atoms with Crippen molar-refractivity contribution in [2.45, 2.75) is 65.1 Å². The Morgan fingerprint density at radius 2 is 1.78 bits per heavy atom. The zero-order valence-electron chi connectivity index (χ0n) is 22.8. The van der Waals surface area contributed by atoms with Crippen LogP contribution in [0.4, 0.5) is 5.13 Å². The van der Waals surface area contributed by atoms with Crippen molar-refractivity contribution in [2.75, 3.05) is 19.0 Å². The van der Waals surface area contributed by atoms with Gasteiger partial charge in [-0.2, -0.15) is 0 Å². The largest absolute Gasteiger partial charge is 0.489 e. The van der Waals surface area contributed by atoms with Crippen LogP contribution in [0.3, 0.4) is 0 Å². The third kappa shape index (κ3) is 8.67. The molecule has 1 amide bonds. The molecule has 1 atom stereocenters. The molecular weight excluding hydrogens is 504 g/mol. The Hall–Kier alpha value is -2.72. The Labute approximate surface area is 225 Å². The van der Waals surface area contributed by atoms with Crippen LogP contribution in [0.25, 0.3) is 0 Å². The van der Waals surface area contributed by atoms with E-state index in [1.54, 1.807) is 19.2 Å². The van der Waals surface area contributed by atoms with Gasteiger partial charge >= 0.3 is 0 Å². The molecule has 9 heteroatoms. The van der Waals surface area contributed by atoms with E-state index in [9.17, 15) is 4.79 Å². The molecule has 0 aliphatic rings. The number of carbonyl (C=O) groups excluding carboxylic acids is 1. The number of benzene rings is 2. The van der Waals surface area contributed by atoms with E-state index < -0.39 is 8.32 Å². The van der Waals surface area contributed by atoms with Gasteiger partial charge in [0.2, 0.25) is 0 Å². The van der Waals surface area contributed by atoms with Crippen molar-refractivity contribution in [3.8, 4) is 11.5 Å². The van der Waals surface area contributed by atoms with E-state index >= 15 is 0 Å². The van der Waals surface area contributed by atoms with Crippen LogP contribution in [0.1, 0.15) is 49.3 Å². The van der Waals surface area contributed by atoms with Crippen LogP contribution in [-0.2, 0) is 22.4 Å². The summed E-state index contributed by atoms with van der Waals surface area (Å²) in [5.41, 5.74) is 2.22. The van der Waals surface area contributed by atoms with E-state index in [-0.39, 0.29) is 17.0 Å².